The zero-order valence-corrected chi connectivity index (χ0v) is 15.8. The Kier molecular flexibility index (Phi) is 5.17. The van der Waals surface area contributed by atoms with E-state index in [1.807, 2.05) is 0 Å². The zero-order valence-electron chi connectivity index (χ0n) is 11.8. The predicted molar refractivity (Wildman–Crippen MR) is 94.8 cm³/mol. The molecule has 0 saturated heterocycles. The number of hydrogen-bond acceptors (Lipinski definition) is 3. The van der Waals surface area contributed by atoms with E-state index in [2.05, 4.69) is 68.4 Å². The third-order valence-electron chi connectivity index (χ3n) is 3.67. The second-order valence-electron chi connectivity index (χ2n) is 5.19. The highest BCUT2D eigenvalue weighted by molar-refractivity contribution is 9.12. The van der Waals surface area contributed by atoms with E-state index in [4.69, 9.17) is 4.74 Å². The maximum absolute atomic E-state index is 5.53. The van der Waals surface area contributed by atoms with E-state index in [1.165, 1.54) is 26.0 Å². The van der Waals surface area contributed by atoms with Gasteiger partial charge in [-0.3, -0.25) is 0 Å². The number of benzene rings is 1. The topological polar surface area (TPSA) is 21.3 Å². The monoisotopic (exact) mass is 429 g/mol. The van der Waals surface area contributed by atoms with Crippen LogP contribution in [0.1, 0.15) is 41.6 Å². The van der Waals surface area contributed by atoms with Crippen LogP contribution in [-0.4, -0.2) is 6.54 Å². The lowest BCUT2D eigenvalue weighted by Gasteiger charge is -2.19. The summed E-state index contributed by atoms with van der Waals surface area (Å²) < 4.78 is 7.86. The molecular weight excluding hydrogens is 414 g/mol. The van der Waals surface area contributed by atoms with Crippen molar-refractivity contribution in [3.8, 4) is 0 Å². The average Bonchev–Trinajstić information content (AvgIpc) is 3.05. The van der Waals surface area contributed by atoms with Gasteiger partial charge in [-0.05, 0) is 73.1 Å². The lowest BCUT2D eigenvalue weighted by Crippen LogP contribution is -2.23. The van der Waals surface area contributed by atoms with Crippen molar-refractivity contribution in [2.45, 2.75) is 32.6 Å². The van der Waals surface area contributed by atoms with Gasteiger partial charge in [0.1, 0.15) is 0 Å². The van der Waals surface area contributed by atoms with E-state index in [0.29, 0.717) is 0 Å². The SMILES string of the molecule is CCCNC(c1ccc2c(c1)COC2)c1cc(Br)sc1Br. The molecule has 1 aliphatic heterocycles. The molecule has 0 fully saturated rings. The standard InChI is InChI=1S/C16H17Br2NOS/c1-2-5-19-15(13-7-14(17)21-16(13)18)10-3-4-11-8-20-9-12(11)6-10/h3-4,6-7,15,19H,2,5,8-9H2,1H3. The van der Waals surface area contributed by atoms with E-state index >= 15 is 0 Å². The van der Waals surface area contributed by atoms with Crippen LogP contribution in [0, 0.1) is 0 Å². The van der Waals surface area contributed by atoms with Crippen LogP contribution in [0.5, 0.6) is 0 Å². The molecule has 21 heavy (non-hydrogen) atoms. The van der Waals surface area contributed by atoms with Gasteiger partial charge in [0.05, 0.1) is 26.8 Å². The Morgan fingerprint density at radius 2 is 2.05 bits per heavy atom. The molecule has 1 unspecified atom stereocenters. The fraction of sp³-hybridized carbons (Fsp3) is 0.375. The molecule has 0 saturated carbocycles. The molecule has 0 amide bonds. The molecule has 112 valence electrons. The van der Waals surface area contributed by atoms with E-state index in [-0.39, 0.29) is 6.04 Å². The molecule has 2 heterocycles. The number of ether oxygens (including phenoxy) is 1. The van der Waals surface area contributed by atoms with Crippen LogP contribution in [-0.2, 0) is 18.0 Å². The van der Waals surface area contributed by atoms with Crippen molar-refractivity contribution in [3.05, 3.63) is 54.1 Å². The van der Waals surface area contributed by atoms with E-state index < -0.39 is 0 Å². The average molecular weight is 431 g/mol. The van der Waals surface area contributed by atoms with Crippen molar-refractivity contribution in [3.63, 3.8) is 0 Å². The third kappa shape index (κ3) is 3.42. The van der Waals surface area contributed by atoms with Gasteiger partial charge in [-0.15, -0.1) is 11.3 Å². The molecule has 1 atom stereocenters. The fourth-order valence-electron chi connectivity index (χ4n) is 2.62. The number of thiophene rings is 1. The molecule has 0 aliphatic carbocycles. The first kappa shape index (κ1) is 15.7. The van der Waals surface area contributed by atoms with Crippen LogP contribution in [0.2, 0.25) is 0 Å². The summed E-state index contributed by atoms with van der Waals surface area (Å²) in [6.07, 6.45) is 1.12. The first-order chi connectivity index (χ1) is 10.2. The lowest BCUT2D eigenvalue weighted by atomic mass is 9.97. The molecule has 1 aromatic carbocycles. The molecular formula is C16H17Br2NOS. The highest BCUT2D eigenvalue weighted by atomic mass is 79.9. The van der Waals surface area contributed by atoms with Crippen LogP contribution >= 0.6 is 43.2 Å². The van der Waals surface area contributed by atoms with E-state index in [9.17, 15) is 0 Å². The largest absolute Gasteiger partial charge is 0.372 e. The quantitative estimate of drug-likeness (QED) is 0.686. The van der Waals surface area contributed by atoms with Gasteiger partial charge in [-0.2, -0.15) is 0 Å². The third-order valence-corrected chi connectivity index (χ3v) is 6.06. The van der Waals surface area contributed by atoms with Crippen molar-refractivity contribution < 1.29 is 4.74 Å². The maximum Gasteiger partial charge on any atom is 0.0761 e. The molecule has 5 heteroatoms. The number of nitrogens with one attached hydrogen (secondary N) is 1. The van der Waals surface area contributed by atoms with Crippen LogP contribution in [0.3, 0.4) is 0 Å². The van der Waals surface area contributed by atoms with Gasteiger partial charge >= 0.3 is 0 Å². The Morgan fingerprint density at radius 1 is 1.24 bits per heavy atom. The summed E-state index contributed by atoms with van der Waals surface area (Å²) in [5, 5.41) is 3.66. The van der Waals surface area contributed by atoms with Crippen molar-refractivity contribution in [1.82, 2.24) is 5.32 Å². The second kappa shape index (κ2) is 6.92. The second-order valence-corrected chi connectivity index (χ2v) is 8.94. The molecule has 1 aromatic heterocycles. The van der Waals surface area contributed by atoms with Crippen LogP contribution in [0.15, 0.2) is 31.8 Å². The smallest absolute Gasteiger partial charge is 0.0761 e. The Balaban J connectivity index is 1.97. The summed E-state index contributed by atoms with van der Waals surface area (Å²) in [7, 11) is 0. The lowest BCUT2D eigenvalue weighted by molar-refractivity contribution is 0.134. The molecule has 3 rings (SSSR count). The van der Waals surface area contributed by atoms with Gasteiger partial charge in [0.15, 0.2) is 0 Å². The Hall–Kier alpha value is -0.200. The molecule has 1 N–H and O–H groups in total. The van der Waals surface area contributed by atoms with Gasteiger partial charge in [0.25, 0.3) is 0 Å². The summed E-state index contributed by atoms with van der Waals surface area (Å²) in [5.41, 5.74) is 5.23. The predicted octanol–water partition coefficient (Wildman–Crippen LogP) is 5.39. The molecule has 0 radical (unpaired) electrons. The van der Waals surface area contributed by atoms with Gasteiger partial charge in [-0.25, -0.2) is 0 Å². The fourth-order valence-corrected chi connectivity index (χ4v) is 5.52. The first-order valence-electron chi connectivity index (χ1n) is 7.06. The van der Waals surface area contributed by atoms with Crippen molar-refractivity contribution in [2.24, 2.45) is 0 Å². The van der Waals surface area contributed by atoms with Crippen LogP contribution < -0.4 is 5.32 Å². The molecule has 0 bridgehead atoms. The molecule has 2 nitrogen and oxygen atoms in total. The maximum atomic E-state index is 5.53. The number of hydrogen-bond donors (Lipinski definition) is 1. The summed E-state index contributed by atoms with van der Waals surface area (Å²) in [5.74, 6) is 0. The Labute approximate surface area is 146 Å². The highest BCUT2D eigenvalue weighted by Crippen LogP contribution is 2.38. The van der Waals surface area contributed by atoms with Gasteiger partial charge in [0.2, 0.25) is 0 Å². The molecule has 2 aromatic rings. The zero-order chi connectivity index (χ0) is 14.8. The van der Waals surface area contributed by atoms with Gasteiger partial charge < -0.3 is 10.1 Å². The number of fused-ring (bicyclic) bond motifs is 1. The van der Waals surface area contributed by atoms with Gasteiger partial charge in [-0.1, -0.05) is 25.1 Å². The van der Waals surface area contributed by atoms with E-state index in [1.54, 1.807) is 11.3 Å². The summed E-state index contributed by atoms with van der Waals surface area (Å²) in [6, 6.07) is 9.12. The summed E-state index contributed by atoms with van der Waals surface area (Å²) in [4.78, 5) is 0. The summed E-state index contributed by atoms with van der Waals surface area (Å²) >= 11 is 9.00. The minimum absolute atomic E-state index is 0.216. The van der Waals surface area contributed by atoms with Gasteiger partial charge in [0, 0.05) is 0 Å². The molecule has 0 spiro atoms. The summed E-state index contributed by atoms with van der Waals surface area (Å²) in [6.45, 7) is 4.67. The minimum Gasteiger partial charge on any atom is -0.372 e. The first-order valence-corrected chi connectivity index (χ1v) is 9.47. The van der Waals surface area contributed by atoms with Crippen molar-refractivity contribution >= 4 is 43.2 Å². The normalized spacial score (nSPS) is 15.2. The van der Waals surface area contributed by atoms with Crippen LogP contribution in [0.25, 0.3) is 0 Å². The number of rotatable bonds is 5. The van der Waals surface area contributed by atoms with Crippen LogP contribution in [0.4, 0.5) is 0 Å². The highest BCUT2D eigenvalue weighted by Gasteiger charge is 2.21. The Morgan fingerprint density at radius 3 is 2.76 bits per heavy atom. The van der Waals surface area contributed by atoms with Crippen molar-refractivity contribution in [2.75, 3.05) is 6.54 Å². The van der Waals surface area contributed by atoms with Crippen molar-refractivity contribution in [1.29, 1.82) is 0 Å². The minimum atomic E-state index is 0.216. The number of halogens is 2. The van der Waals surface area contributed by atoms with E-state index in [0.717, 1.165) is 30.0 Å². The Bertz CT molecular complexity index is 641. The molecule has 1 aliphatic rings.